The summed E-state index contributed by atoms with van der Waals surface area (Å²) in [6.45, 7) is 4.80. The molecule has 2 aliphatic rings. The van der Waals surface area contributed by atoms with Crippen LogP contribution in [0.5, 0.6) is 5.75 Å². The largest absolute Gasteiger partial charge is 0.494 e. The molecule has 1 fully saturated rings. The van der Waals surface area contributed by atoms with Crippen LogP contribution in [0.15, 0.2) is 29.1 Å². The summed E-state index contributed by atoms with van der Waals surface area (Å²) >= 11 is 1.45. The predicted octanol–water partition coefficient (Wildman–Crippen LogP) is 3.74. The number of hydrogen-bond donors (Lipinski definition) is 1. The number of amides is 1. The number of unbranched alkanes of at least 4 members (excludes halogenated alkanes) is 1. The molecule has 1 aromatic carbocycles. The Morgan fingerprint density at radius 1 is 1.20 bits per heavy atom. The van der Waals surface area contributed by atoms with Gasteiger partial charge >= 0.3 is 0 Å². The van der Waals surface area contributed by atoms with Gasteiger partial charge in [0.1, 0.15) is 5.75 Å². The van der Waals surface area contributed by atoms with Crippen molar-refractivity contribution >= 4 is 27.3 Å². The highest BCUT2D eigenvalue weighted by atomic mass is 32.1. The molecule has 8 nitrogen and oxygen atoms in total. The highest BCUT2D eigenvalue weighted by molar-refractivity contribution is 7.20. The Hall–Kier alpha value is -2.94. The molecule has 9 heteroatoms. The SMILES string of the molecule is CCCCOc1ccc(CNC(=O)[C@@H]2CCCN(c3nn4c(=O)c5c(nc4s3)CCCC5)C2)cc1. The number of carbonyl (C=O) groups is 1. The van der Waals surface area contributed by atoms with Gasteiger partial charge in [-0.2, -0.15) is 4.52 Å². The van der Waals surface area contributed by atoms with Crippen LogP contribution >= 0.6 is 11.3 Å². The first-order chi connectivity index (χ1) is 17.1. The van der Waals surface area contributed by atoms with Crippen LogP contribution in [-0.4, -0.2) is 40.2 Å². The summed E-state index contributed by atoms with van der Waals surface area (Å²) in [5.74, 6) is 0.817. The van der Waals surface area contributed by atoms with E-state index >= 15 is 0 Å². The van der Waals surface area contributed by atoms with E-state index in [1.165, 1.54) is 15.9 Å². The molecule has 0 saturated carbocycles. The zero-order valence-electron chi connectivity index (χ0n) is 20.3. The molecule has 0 radical (unpaired) electrons. The Morgan fingerprint density at radius 2 is 2.03 bits per heavy atom. The fourth-order valence-electron chi connectivity index (χ4n) is 4.83. The van der Waals surface area contributed by atoms with Crippen molar-refractivity contribution < 1.29 is 9.53 Å². The fourth-order valence-corrected chi connectivity index (χ4v) is 5.77. The summed E-state index contributed by atoms with van der Waals surface area (Å²) in [6, 6.07) is 7.92. The van der Waals surface area contributed by atoms with E-state index in [1.54, 1.807) is 0 Å². The summed E-state index contributed by atoms with van der Waals surface area (Å²) in [5.41, 5.74) is 2.78. The lowest BCUT2D eigenvalue weighted by Gasteiger charge is -2.31. The molecule has 1 N–H and O–H groups in total. The van der Waals surface area contributed by atoms with Gasteiger partial charge in [-0.25, -0.2) is 4.98 Å². The summed E-state index contributed by atoms with van der Waals surface area (Å²) in [5, 5.41) is 8.47. The first kappa shape index (κ1) is 23.8. The Labute approximate surface area is 209 Å². The lowest BCUT2D eigenvalue weighted by atomic mass is 9.97. The number of nitrogens with zero attached hydrogens (tertiary/aromatic N) is 4. The first-order valence-electron chi connectivity index (χ1n) is 12.8. The van der Waals surface area contributed by atoms with Gasteiger partial charge in [0.05, 0.1) is 18.2 Å². The molecule has 5 rings (SSSR count). The van der Waals surface area contributed by atoms with E-state index in [2.05, 4.69) is 22.2 Å². The van der Waals surface area contributed by atoms with Crippen molar-refractivity contribution in [1.82, 2.24) is 19.9 Å². The average Bonchev–Trinajstić information content (AvgIpc) is 3.33. The van der Waals surface area contributed by atoms with Gasteiger partial charge in [0.15, 0.2) is 0 Å². The van der Waals surface area contributed by atoms with Gasteiger partial charge in [-0.1, -0.05) is 36.8 Å². The van der Waals surface area contributed by atoms with Crippen molar-refractivity contribution in [2.45, 2.75) is 64.8 Å². The molecular weight excluding hydrogens is 462 g/mol. The molecule has 0 bridgehead atoms. The van der Waals surface area contributed by atoms with E-state index in [0.29, 0.717) is 18.1 Å². The van der Waals surface area contributed by atoms with Crippen molar-refractivity contribution in [2.24, 2.45) is 5.92 Å². The molecule has 1 amide bonds. The van der Waals surface area contributed by atoms with Crippen molar-refractivity contribution in [1.29, 1.82) is 0 Å². The minimum Gasteiger partial charge on any atom is -0.494 e. The molecule has 1 aliphatic heterocycles. The number of piperidine rings is 1. The summed E-state index contributed by atoms with van der Waals surface area (Å²) in [7, 11) is 0. The van der Waals surface area contributed by atoms with Gasteiger partial charge in [0, 0.05) is 25.2 Å². The zero-order valence-corrected chi connectivity index (χ0v) is 21.1. The molecule has 35 heavy (non-hydrogen) atoms. The number of benzene rings is 1. The van der Waals surface area contributed by atoms with Crippen LogP contribution in [-0.2, 0) is 24.2 Å². The second-order valence-corrected chi connectivity index (χ2v) is 10.4. The van der Waals surface area contributed by atoms with Crippen LogP contribution in [0.3, 0.4) is 0 Å². The van der Waals surface area contributed by atoms with E-state index in [0.717, 1.165) is 92.2 Å². The maximum Gasteiger partial charge on any atom is 0.278 e. The molecule has 3 heterocycles. The van der Waals surface area contributed by atoms with E-state index < -0.39 is 0 Å². The lowest BCUT2D eigenvalue weighted by molar-refractivity contribution is -0.125. The molecule has 3 aromatic rings. The number of anilines is 1. The third-order valence-electron chi connectivity index (χ3n) is 6.89. The molecule has 0 spiro atoms. The van der Waals surface area contributed by atoms with Crippen molar-refractivity contribution in [3.63, 3.8) is 0 Å². The van der Waals surface area contributed by atoms with Crippen LogP contribution in [0.1, 0.15) is 62.3 Å². The number of aryl methyl sites for hydroxylation is 1. The van der Waals surface area contributed by atoms with Crippen molar-refractivity contribution in [3.05, 3.63) is 51.4 Å². The second-order valence-electron chi connectivity index (χ2n) is 9.48. The fraction of sp³-hybridized carbons (Fsp3) is 0.538. The van der Waals surface area contributed by atoms with Gasteiger partial charge < -0.3 is 15.0 Å². The lowest BCUT2D eigenvalue weighted by Crippen LogP contribution is -2.43. The Bertz CT molecular complexity index is 1240. The smallest absolute Gasteiger partial charge is 0.278 e. The normalized spacial score (nSPS) is 17.9. The van der Waals surface area contributed by atoms with Gasteiger partial charge in [-0.05, 0) is 62.6 Å². The van der Waals surface area contributed by atoms with Gasteiger partial charge in [0.25, 0.3) is 5.56 Å². The third kappa shape index (κ3) is 5.34. The topological polar surface area (TPSA) is 88.8 Å². The van der Waals surface area contributed by atoms with Gasteiger partial charge in [-0.15, -0.1) is 5.10 Å². The van der Waals surface area contributed by atoms with Crippen LogP contribution in [0.2, 0.25) is 0 Å². The molecule has 1 aliphatic carbocycles. The monoisotopic (exact) mass is 495 g/mol. The Balaban J connectivity index is 1.20. The van der Waals surface area contributed by atoms with E-state index in [9.17, 15) is 9.59 Å². The van der Waals surface area contributed by atoms with Gasteiger partial charge in [-0.3, -0.25) is 9.59 Å². The number of ether oxygens (including phenoxy) is 1. The minimum atomic E-state index is -0.106. The minimum absolute atomic E-state index is 0.0275. The van der Waals surface area contributed by atoms with Crippen LogP contribution in [0.25, 0.3) is 4.96 Å². The predicted molar refractivity (Wildman–Crippen MR) is 137 cm³/mol. The summed E-state index contributed by atoms with van der Waals surface area (Å²) in [6.07, 6.45) is 7.70. The summed E-state index contributed by atoms with van der Waals surface area (Å²) in [4.78, 5) is 33.4. The number of hydrogen-bond acceptors (Lipinski definition) is 7. The number of nitrogens with one attached hydrogen (secondary N) is 1. The highest BCUT2D eigenvalue weighted by Gasteiger charge is 2.28. The van der Waals surface area contributed by atoms with Crippen LogP contribution < -0.4 is 20.5 Å². The summed E-state index contributed by atoms with van der Waals surface area (Å²) < 4.78 is 7.17. The standard InChI is InChI=1S/C26H33N5O3S/c1-2-3-15-34-20-12-10-18(11-13-20)16-27-23(32)19-7-6-14-30(17-19)26-29-31-24(33)21-8-4-5-9-22(21)28-25(31)35-26/h10-13,19H,2-9,14-17H2,1H3,(H,27,32)/t19-/m1/s1. The molecular formula is C26H33N5O3S. The number of aromatic nitrogens is 3. The second kappa shape index (κ2) is 10.8. The quantitative estimate of drug-likeness (QED) is 0.479. The van der Waals surface area contributed by atoms with E-state index in [-0.39, 0.29) is 17.4 Å². The Kier molecular flexibility index (Phi) is 7.32. The number of rotatable bonds is 8. The van der Waals surface area contributed by atoms with Gasteiger partial charge in [0.2, 0.25) is 16.0 Å². The number of fused-ring (bicyclic) bond motifs is 2. The average molecular weight is 496 g/mol. The molecule has 1 saturated heterocycles. The van der Waals surface area contributed by atoms with E-state index in [1.807, 2.05) is 24.3 Å². The van der Waals surface area contributed by atoms with Crippen LogP contribution in [0.4, 0.5) is 5.13 Å². The molecule has 1 atom stereocenters. The molecule has 186 valence electrons. The highest BCUT2D eigenvalue weighted by Crippen LogP contribution is 2.28. The maximum absolute atomic E-state index is 12.9. The van der Waals surface area contributed by atoms with E-state index in [4.69, 9.17) is 9.72 Å². The van der Waals surface area contributed by atoms with Crippen molar-refractivity contribution in [2.75, 3.05) is 24.6 Å². The Morgan fingerprint density at radius 3 is 2.86 bits per heavy atom. The van der Waals surface area contributed by atoms with Crippen LogP contribution in [0, 0.1) is 5.92 Å². The van der Waals surface area contributed by atoms with Crippen molar-refractivity contribution in [3.8, 4) is 5.75 Å². The molecule has 0 unspecified atom stereocenters. The first-order valence-corrected chi connectivity index (χ1v) is 13.6. The molecule has 2 aromatic heterocycles. The third-order valence-corrected chi connectivity index (χ3v) is 7.86. The number of carbonyl (C=O) groups excluding carboxylic acids is 1. The maximum atomic E-state index is 12.9. The zero-order chi connectivity index (χ0) is 24.2.